The Hall–Kier alpha value is -2.97. The minimum absolute atomic E-state index is 0.261. The summed E-state index contributed by atoms with van der Waals surface area (Å²) in [4.78, 5) is 23.4. The standard InChI is InChI=1S/C19H18F3N5O/c1-10-6-14(26-17(24-10)18(3,20)21)13-9-27(19(22)4-5-19)15-8-23-16(7-12(13)15)25-11(2)28/h6-9H,4-5H2,1-3H3,(H,23,25,28). The number of carbonyl (C=O) groups is 1. The van der Waals surface area contributed by atoms with Crippen LogP contribution in [0.4, 0.5) is 19.0 Å². The number of hydrogen-bond acceptors (Lipinski definition) is 4. The monoisotopic (exact) mass is 389 g/mol. The van der Waals surface area contributed by atoms with E-state index in [9.17, 15) is 18.0 Å². The number of amides is 1. The van der Waals surface area contributed by atoms with Crippen LogP contribution >= 0.6 is 0 Å². The summed E-state index contributed by atoms with van der Waals surface area (Å²) in [5, 5.41) is 3.14. The van der Waals surface area contributed by atoms with Crippen LogP contribution in [0.5, 0.6) is 0 Å². The maximum atomic E-state index is 14.9. The van der Waals surface area contributed by atoms with Crippen molar-refractivity contribution in [2.24, 2.45) is 0 Å². The molecule has 28 heavy (non-hydrogen) atoms. The average Bonchev–Trinajstić information content (AvgIpc) is 3.21. The maximum absolute atomic E-state index is 14.9. The van der Waals surface area contributed by atoms with Gasteiger partial charge in [0, 0.05) is 49.5 Å². The molecule has 3 aromatic rings. The molecule has 3 heterocycles. The van der Waals surface area contributed by atoms with Crippen LogP contribution in [-0.4, -0.2) is 25.4 Å². The highest BCUT2D eigenvalue weighted by Crippen LogP contribution is 2.48. The fraction of sp³-hybridized carbons (Fsp3) is 0.368. The van der Waals surface area contributed by atoms with E-state index in [0.717, 1.165) is 6.92 Å². The largest absolute Gasteiger partial charge is 0.312 e. The van der Waals surface area contributed by atoms with Crippen molar-refractivity contribution in [3.05, 3.63) is 36.0 Å². The van der Waals surface area contributed by atoms with E-state index >= 15 is 0 Å². The summed E-state index contributed by atoms with van der Waals surface area (Å²) in [6.07, 6.45) is 3.76. The van der Waals surface area contributed by atoms with Crippen LogP contribution in [0.1, 0.15) is 38.2 Å². The second-order valence-electron chi connectivity index (χ2n) is 7.21. The number of nitrogens with zero attached hydrogens (tertiary/aromatic N) is 4. The molecule has 1 saturated carbocycles. The van der Waals surface area contributed by atoms with E-state index in [2.05, 4.69) is 20.3 Å². The Morgan fingerprint density at radius 1 is 1.29 bits per heavy atom. The minimum atomic E-state index is -3.21. The molecule has 4 rings (SSSR count). The number of carbonyl (C=O) groups excluding carboxylic acids is 1. The first-order chi connectivity index (χ1) is 13.1. The van der Waals surface area contributed by atoms with Crippen molar-refractivity contribution in [2.45, 2.75) is 45.3 Å². The zero-order valence-corrected chi connectivity index (χ0v) is 15.6. The average molecular weight is 389 g/mol. The third kappa shape index (κ3) is 3.21. The predicted octanol–water partition coefficient (Wildman–Crippen LogP) is 4.29. The summed E-state index contributed by atoms with van der Waals surface area (Å²) >= 11 is 0. The van der Waals surface area contributed by atoms with E-state index in [1.807, 2.05) is 0 Å². The molecule has 0 bridgehead atoms. The van der Waals surface area contributed by atoms with E-state index < -0.39 is 17.5 Å². The third-order valence-corrected chi connectivity index (χ3v) is 4.61. The molecule has 1 fully saturated rings. The number of hydrogen-bond donors (Lipinski definition) is 1. The number of alkyl halides is 3. The summed E-state index contributed by atoms with van der Waals surface area (Å²) in [6, 6.07) is 3.17. The number of aromatic nitrogens is 4. The molecule has 6 nitrogen and oxygen atoms in total. The van der Waals surface area contributed by atoms with Gasteiger partial charge in [0.25, 0.3) is 0 Å². The Balaban J connectivity index is 1.95. The molecule has 146 valence electrons. The molecule has 0 atom stereocenters. The summed E-state index contributed by atoms with van der Waals surface area (Å²) in [7, 11) is 0. The van der Waals surface area contributed by atoms with Crippen molar-refractivity contribution in [3.8, 4) is 11.3 Å². The van der Waals surface area contributed by atoms with Crippen LogP contribution in [0.3, 0.4) is 0 Å². The van der Waals surface area contributed by atoms with Crippen LogP contribution in [0.2, 0.25) is 0 Å². The molecule has 0 radical (unpaired) electrons. The highest BCUT2D eigenvalue weighted by atomic mass is 19.3. The first-order valence-electron chi connectivity index (χ1n) is 8.79. The van der Waals surface area contributed by atoms with Crippen LogP contribution in [0, 0.1) is 6.92 Å². The quantitative estimate of drug-likeness (QED) is 0.723. The zero-order valence-electron chi connectivity index (χ0n) is 15.6. The number of halogens is 3. The molecular formula is C19H18F3N5O. The summed E-state index contributed by atoms with van der Waals surface area (Å²) in [6.45, 7) is 3.68. The molecule has 1 N–H and O–H groups in total. The van der Waals surface area contributed by atoms with Crippen molar-refractivity contribution < 1.29 is 18.0 Å². The first kappa shape index (κ1) is 18.4. The SMILES string of the molecule is CC(=O)Nc1cc2c(-c3cc(C)nc(C(C)(F)F)n3)cn(C3(F)CC3)c2cn1. The van der Waals surface area contributed by atoms with Gasteiger partial charge in [-0.3, -0.25) is 4.79 Å². The van der Waals surface area contributed by atoms with E-state index in [-0.39, 0.29) is 17.4 Å². The van der Waals surface area contributed by atoms with Gasteiger partial charge in [-0.2, -0.15) is 8.78 Å². The Bertz CT molecular complexity index is 1100. The van der Waals surface area contributed by atoms with Crippen molar-refractivity contribution in [3.63, 3.8) is 0 Å². The molecule has 0 saturated heterocycles. The fourth-order valence-electron chi connectivity index (χ4n) is 3.16. The van der Waals surface area contributed by atoms with Crippen LogP contribution in [0.25, 0.3) is 22.2 Å². The molecule has 9 heteroatoms. The lowest BCUT2D eigenvalue weighted by Crippen LogP contribution is -2.14. The highest BCUT2D eigenvalue weighted by molar-refractivity contribution is 5.98. The van der Waals surface area contributed by atoms with Gasteiger partial charge >= 0.3 is 5.92 Å². The summed E-state index contributed by atoms with van der Waals surface area (Å²) < 4.78 is 43.9. The fourth-order valence-corrected chi connectivity index (χ4v) is 3.16. The van der Waals surface area contributed by atoms with Gasteiger partial charge in [-0.1, -0.05) is 0 Å². The Kier molecular flexibility index (Phi) is 3.95. The van der Waals surface area contributed by atoms with Gasteiger partial charge < -0.3 is 9.88 Å². The molecular weight excluding hydrogens is 371 g/mol. The molecule has 1 aliphatic rings. The lowest BCUT2D eigenvalue weighted by atomic mass is 10.1. The van der Waals surface area contributed by atoms with Crippen molar-refractivity contribution in [1.82, 2.24) is 19.5 Å². The smallest absolute Gasteiger partial charge is 0.303 e. The molecule has 1 amide bonds. The Morgan fingerprint density at radius 2 is 2.00 bits per heavy atom. The second-order valence-corrected chi connectivity index (χ2v) is 7.21. The van der Waals surface area contributed by atoms with E-state index in [1.165, 1.54) is 17.7 Å². The van der Waals surface area contributed by atoms with Gasteiger partial charge in [-0.05, 0) is 19.1 Å². The van der Waals surface area contributed by atoms with Crippen molar-refractivity contribution in [1.29, 1.82) is 0 Å². The van der Waals surface area contributed by atoms with Crippen LogP contribution in [-0.2, 0) is 16.5 Å². The van der Waals surface area contributed by atoms with Crippen molar-refractivity contribution in [2.75, 3.05) is 5.32 Å². The third-order valence-electron chi connectivity index (χ3n) is 4.61. The molecule has 0 aromatic carbocycles. The molecule has 0 spiro atoms. The molecule has 3 aromatic heterocycles. The van der Waals surface area contributed by atoms with Gasteiger partial charge in [0.15, 0.2) is 11.6 Å². The Morgan fingerprint density at radius 3 is 2.61 bits per heavy atom. The molecule has 0 unspecified atom stereocenters. The van der Waals surface area contributed by atoms with E-state index in [0.29, 0.717) is 35.0 Å². The highest BCUT2D eigenvalue weighted by Gasteiger charge is 2.46. The number of rotatable bonds is 4. The van der Waals surface area contributed by atoms with Gasteiger partial charge in [0.05, 0.1) is 17.4 Å². The van der Waals surface area contributed by atoms with Crippen LogP contribution in [0.15, 0.2) is 24.5 Å². The summed E-state index contributed by atoms with van der Waals surface area (Å²) in [5.41, 5.74) is 1.62. The first-order valence-corrected chi connectivity index (χ1v) is 8.79. The lowest BCUT2D eigenvalue weighted by Gasteiger charge is -2.11. The van der Waals surface area contributed by atoms with E-state index in [1.54, 1.807) is 25.3 Å². The maximum Gasteiger partial charge on any atom is 0.303 e. The molecule has 1 aliphatic carbocycles. The normalized spacial score (nSPS) is 15.6. The van der Waals surface area contributed by atoms with E-state index in [4.69, 9.17) is 0 Å². The number of anilines is 1. The van der Waals surface area contributed by atoms with Gasteiger partial charge in [0.2, 0.25) is 5.91 Å². The number of nitrogens with one attached hydrogen (secondary N) is 1. The summed E-state index contributed by atoms with van der Waals surface area (Å²) in [5.74, 6) is -5.34. The van der Waals surface area contributed by atoms with Gasteiger partial charge in [-0.15, -0.1) is 0 Å². The number of fused-ring (bicyclic) bond motifs is 1. The Labute approximate surface area is 158 Å². The predicted molar refractivity (Wildman–Crippen MR) is 97.7 cm³/mol. The number of aryl methyl sites for hydroxylation is 1. The lowest BCUT2D eigenvalue weighted by molar-refractivity contribution is -0.114. The second kappa shape index (κ2) is 6.02. The number of pyridine rings is 1. The molecule has 0 aliphatic heterocycles. The van der Waals surface area contributed by atoms with Gasteiger partial charge in [-0.25, -0.2) is 19.3 Å². The van der Waals surface area contributed by atoms with Crippen LogP contribution < -0.4 is 5.32 Å². The van der Waals surface area contributed by atoms with Crippen molar-refractivity contribution >= 4 is 22.6 Å². The minimum Gasteiger partial charge on any atom is -0.312 e. The zero-order chi connectivity index (χ0) is 20.3. The topological polar surface area (TPSA) is 72.7 Å². The van der Waals surface area contributed by atoms with Gasteiger partial charge in [0.1, 0.15) is 5.82 Å².